The Morgan fingerprint density at radius 2 is 2.18 bits per heavy atom. The number of nitro benzene ring substituents is 1. The first-order valence-electron chi connectivity index (χ1n) is 4.80. The van der Waals surface area contributed by atoms with Crippen molar-refractivity contribution in [3.05, 3.63) is 27.8 Å². The monoisotopic (exact) mass is 240 g/mol. The van der Waals surface area contributed by atoms with Crippen LogP contribution in [0, 0.1) is 10.1 Å². The van der Waals surface area contributed by atoms with Crippen LogP contribution in [-0.2, 0) is 4.74 Å². The van der Waals surface area contributed by atoms with Crippen LogP contribution in [-0.4, -0.2) is 24.6 Å². The zero-order valence-corrected chi connectivity index (χ0v) is 9.43. The minimum absolute atomic E-state index is 0.0671. The van der Waals surface area contributed by atoms with E-state index in [4.69, 9.17) is 10.5 Å². The molecule has 92 valence electrons. The predicted octanol–water partition coefficient (Wildman–Crippen LogP) is 1.36. The van der Waals surface area contributed by atoms with Gasteiger partial charge in [-0.2, -0.15) is 0 Å². The van der Waals surface area contributed by atoms with Gasteiger partial charge in [-0.05, 0) is 13.0 Å². The molecule has 7 heteroatoms. The van der Waals surface area contributed by atoms with E-state index in [2.05, 4.69) is 4.74 Å². The van der Waals surface area contributed by atoms with Crippen LogP contribution in [0.1, 0.15) is 17.3 Å². The molecule has 0 atom stereocenters. The maximum Gasteiger partial charge on any atom is 0.341 e. The fraction of sp³-hybridized carbons (Fsp3) is 0.300. The second-order valence-corrected chi connectivity index (χ2v) is 3.09. The molecule has 0 saturated carbocycles. The Hall–Kier alpha value is -2.31. The van der Waals surface area contributed by atoms with Gasteiger partial charge < -0.3 is 15.2 Å². The first-order valence-corrected chi connectivity index (χ1v) is 4.80. The number of hydrogen-bond donors (Lipinski definition) is 1. The van der Waals surface area contributed by atoms with Crippen molar-refractivity contribution in [2.75, 3.05) is 19.5 Å². The van der Waals surface area contributed by atoms with Gasteiger partial charge in [0, 0.05) is 0 Å². The Kier molecular flexibility index (Phi) is 3.86. The third-order valence-corrected chi connectivity index (χ3v) is 2.03. The lowest BCUT2D eigenvalue weighted by molar-refractivity contribution is -0.384. The number of benzene rings is 1. The van der Waals surface area contributed by atoms with Crippen LogP contribution in [0.4, 0.5) is 11.4 Å². The number of hydrogen-bond acceptors (Lipinski definition) is 6. The molecule has 0 amide bonds. The van der Waals surface area contributed by atoms with Gasteiger partial charge in [0.1, 0.15) is 17.0 Å². The summed E-state index contributed by atoms with van der Waals surface area (Å²) in [4.78, 5) is 21.5. The Morgan fingerprint density at radius 1 is 1.53 bits per heavy atom. The lowest BCUT2D eigenvalue weighted by Gasteiger charge is -2.09. The second-order valence-electron chi connectivity index (χ2n) is 3.09. The highest BCUT2D eigenvalue weighted by atomic mass is 16.6. The van der Waals surface area contributed by atoms with Crippen LogP contribution in [0.25, 0.3) is 0 Å². The van der Waals surface area contributed by atoms with Gasteiger partial charge in [0.25, 0.3) is 5.69 Å². The molecule has 1 rings (SSSR count). The maximum atomic E-state index is 11.4. The Balaban J connectivity index is 3.35. The van der Waals surface area contributed by atoms with Crippen molar-refractivity contribution in [3.8, 4) is 5.75 Å². The molecule has 0 spiro atoms. The van der Waals surface area contributed by atoms with Crippen LogP contribution in [0.2, 0.25) is 0 Å². The maximum absolute atomic E-state index is 11.4. The highest BCUT2D eigenvalue weighted by Crippen LogP contribution is 2.31. The zero-order valence-electron chi connectivity index (χ0n) is 9.43. The van der Waals surface area contributed by atoms with E-state index in [1.54, 1.807) is 6.92 Å². The Labute approximate surface area is 97.3 Å². The Morgan fingerprint density at radius 3 is 2.65 bits per heavy atom. The molecule has 2 N–H and O–H groups in total. The average Bonchev–Trinajstić information content (AvgIpc) is 2.29. The minimum Gasteiger partial charge on any atom is -0.493 e. The van der Waals surface area contributed by atoms with E-state index in [9.17, 15) is 14.9 Å². The number of carbonyl (C=O) groups is 1. The van der Waals surface area contributed by atoms with Gasteiger partial charge in [-0.15, -0.1) is 0 Å². The van der Waals surface area contributed by atoms with E-state index in [1.807, 2.05) is 0 Å². The summed E-state index contributed by atoms with van der Waals surface area (Å²) in [6, 6.07) is 2.29. The number of nitrogen functional groups attached to an aromatic ring is 1. The molecule has 0 aliphatic rings. The summed E-state index contributed by atoms with van der Waals surface area (Å²) in [6.07, 6.45) is 0. The fourth-order valence-electron chi connectivity index (χ4n) is 1.29. The molecule has 0 aliphatic carbocycles. The number of ether oxygens (including phenoxy) is 2. The van der Waals surface area contributed by atoms with Gasteiger partial charge in [-0.25, -0.2) is 4.79 Å². The zero-order chi connectivity index (χ0) is 13.0. The van der Waals surface area contributed by atoms with Gasteiger partial charge in [-0.1, -0.05) is 0 Å². The normalized spacial score (nSPS) is 9.76. The van der Waals surface area contributed by atoms with Gasteiger partial charge in [0.2, 0.25) is 0 Å². The lowest BCUT2D eigenvalue weighted by atomic mass is 10.1. The number of esters is 1. The molecule has 1 aromatic rings. The SMILES string of the molecule is CCOc1cc([N+](=O)[O-])c(N)cc1C(=O)OC. The van der Waals surface area contributed by atoms with Crippen molar-refractivity contribution in [1.82, 2.24) is 0 Å². The molecule has 1 aromatic carbocycles. The van der Waals surface area contributed by atoms with Crippen molar-refractivity contribution < 1.29 is 19.2 Å². The smallest absolute Gasteiger partial charge is 0.341 e. The molecule has 0 aromatic heterocycles. The number of anilines is 1. The topological polar surface area (TPSA) is 105 Å². The van der Waals surface area contributed by atoms with Crippen LogP contribution in [0.5, 0.6) is 5.75 Å². The van der Waals surface area contributed by atoms with Crippen molar-refractivity contribution in [2.45, 2.75) is 6.92 Å². The van der Waals surface area contributed by atoms with Gasteiger partial charge in [0.05, 0.1) is 24.7 Å². The largest absolute Gasteiger partial charge is 0.493 e. The Bertz CT molecular complexity index is 458. The highest BCUT2D eigenvalue weighted by Gasteiger charge is 2.21. The molecular weight excluding hydrogens is 228 g/mol. The number of nitrogens with two attached hydrogens (primary N) is 1. The second kappa shape index (κ2) is 5.15. The third-order valence-electron chi connectivity index (χ3n) is 2.03. The number of nitrogens with zero attached hydrogens (tertiary/aromatic N) is 1. The lowest BCUT2D eigenvalue weighted by Crippen LogP contribution is -2.08. The fourth-order valence-corrected chi connectivity index (χ4v) is 1.29. The van der Waals surface area contributed by atoms with E-state index in [0.29, 0.717) is 0 Å². The third kappa shape index (κ3) is 2.63. The highest BCUT2D eigenvalue weighted by molar-refractivity contribution is 5.94. The number of rotatable bonds is 4. The predicted molar refractivity (Wildman–Crippen MR) is 60.0 cm³/mol. The molecule has 7 nitrogen and oxygen atoms in total. The molecule has 0 bridgehead atoms. The number of carbonyl (C=O) groups excluding carboxylic acids is 1. The summed E-state index contributed by atoms with van der Waals surface area (Å²) < 4.78 is 9.68. The van der Waals surface area contributed by atoms with Crippen molar-refractivity contribution in [2.24, 2.45) is 0 Å². The van der Waals surface area contributed by atoms with Crippen molar-refractivity contribution in [1.29, 1.82) is 0 Å². The van der Waals surface area contributed by atoms with Crippen molar-refractivity contribution in [3.63, 3.8) is 0 Å². The molecule has 0 unspecified atom stereocenters. The van der Waals surface area contributed by atoms with Gasteiger partial charge in [0.15, 0.2) is 0 Å². The van der Waals surface area contributed by atoms with Gasteiger partial charge in [-0.3, -0.25) is 10.1 Å². The number of methoxy groups -OCH3 is 1. The van der Waals surface area contributed by atoms with E-state index in [0.717, 1.165) is 6.07 Å². The van der Waals surface area contributed by atoms with Crippen molar-refractivity contribution >= 4 is 17.3 Å². The molecule has 17 heavy (non-hydrogen) atoms. The first kappa shape index (κ1) is 12.8. The summed E-state index contributed by atoms with van der Waals surface area (Å²) in [6.45, 7) is 1.97. The standard InChI is InChI=1S/C10H12N2O5/c1-3-17-9-5-8(12(14)15)7(11)4-6(9)10(13)16-2/h4-5H,3,11H2,1-2H3. The van der Waals surface area contributed by atoms with Crippen LogP contribution in [0.3, 0.4) is 0 Å². The molecule has 0 heterocycles. The van der Waals surface area contributed by atoms with Crippen LogP contribution >= 0.6 is 0 Å². The molecule has 0 aliphatic heterocycles. The summed E-state index contributed by atoms with van der Waals surface area (Å²) in [5, 5.41) is 10.7. The molecular formula is C10H12N2O5. The van der Waals surface area contributed by atoms with E-state index in [-0.39, 0.29) is 29.3 Å². The summed E-state index contributed by atoms with van der Waals surface area (Å²) in [5.74, 6) is -0.574. The van der Waals surface area contributed by atoms with E-state index in [1.165, 1.54) is 13.2 Å². The summed E-state index contributed by atoms with van der Waals surface area (Å²) in [7, 11) is 1.20. The average molecular weight is 240 g/mol. The van der Waals surface area contributed by atoms with E-state index < -0.39 is 10.9 Å². The summed E-state index contributed by atoms with van der Waals surface area (Å²) in [5.41, 5.74) is 5.13. The number of nitro groups is 1. The van der Waals surface area contributed by atoms with Crippen LogP contribution < -0.4 is 10.5 Å². The van der Waals surface area contributed by atoms with E-state index >= 15 is 0 Å². The molecule has 0 radical (unpaired) electrons. The quantitative estimate of drug-likeness (QED) is 0.368. The minimum atomic E-state index is -0.657. The molecule has 0 fully saturated rings. The first-order chi connectivity index (χ1) is 8.01. The van der Waals surface area contributed by atoms with Gasteiger partial charge >= 0.3 is 5.97 Å². The summed E-state index contributed by atoms with van der Waals surface area (Å²) >= 11 is 0. The van der Waals surface area contributed by atoms with Crippen LogP contribution in [0.15, 0.2) is 12.1 Å². The molecule has 0 saturated heterocycles.